The smallest absolute Gasteiger partial charge is 0.354 e. The van der Waals surface area contributed by atoms with E-state index in [0.29, 0.717) is 0 Å². The molecule has 1 aromatic rings. The molecule has 0 unspecified atom stereocenters. The van der Waals surface area contributed by atoms with Crippen LogP contribution in [0.15, 0.2) is 23.3 Å². The number of phenolic OH excluding ortho intramolecular Hbond substituents is 1. The van der Waals surface area contributed by atoms with Gasteiger partial charge in [-0.1, -0.05) is 0 Å². The molecule has 7 nitrogen and oxygen atoms in total. The second kappa shape index (κ2) is 7.13. The number of rotatable bonds is 5. The van der Waals surface area contributed by atoms with Crippen molar-refractivity contribution in [3.8, 4) is 5.75 Å². The average molecular weight is 280 g/mol. The van der Waals surface area contributed by atoms with Crippen LogP contribution in [-0.4, -0.2) is 36.5 Å². The monoisotopic (exact) mass is 280 g/mol. The number of ether oxygens (including phenoxy) is 2. The summed E-state index contributed by atoms with van der Waals surface area (Å²) >= 11 is 0. The number of hydrazone groups is 1. The minimum atomic E-state index is -0.557. The molecular weight excluding hydrogens is 264 g/mol. The van der Waals surface area contributed by atoms with E-state index in [1.807, 2.05) is 0 Å². The fraction of sp³-hybridized carbons (Fsp3) is 0.308. The molecule has 0 aliphatic rings. The van der Waals surface area contributed by atoms with Crippen molar-refractivity contribution in [2.75, 3.05) is 19.1 Å². The summed E-state index contributed by atoms with van der Waals surface area (Å²) in [6, 6.07) is 4.15. The maximum absolute atomic E-state index is 11.3. The van der Waals surface area contributed by atoms with Crippen molar-refractivity contribution < 1.29 is 24.2 Å². The molecule has 1 rings (SSSR count). The van der Waals surface area contributed by atoms with Crippen LogP contribution >= 0.6 is 0 Å². The van der Waals surface area contributed by atoms with E-state index in [1.165, 1.54) is 32.2 Å². The van der Waals surface area contributed by atoms with Gasteiger partial charge in [-0.25, -0.2) is 9.59 Å². The summed E-state index contributed by atoms with van der Waals surface area (Å²) in [7, 11) is 1.25. The third-order valence-electron chi connectivity index (χ3n) is 2.33. The third-order valence-corrected chi connectivity index (χ3v) is 2.33. The van der Waals surface area contributed by atoms with Crippen LogP contribution in [0.1, 0.15) is 24.2 Å². The van der Waals surface area contributed by atoms with Gasteiger partial charge in [-0.2, -0.15) is 5.10 Å². The van der Waals surface area contributed by atoms with Gasteiger partial charge in [0.05, 0.1) is 25.0 Å². The summed E-state index contributed by atoms with van der Waals surface area (Å²) < 4.78 is 9.28. The summed E-state index contributed by atoms with van der Waals surface area (Å²) in [5, 5.41) is 13.5. The first-order valence-corrected chi connectivity index (χ1v) is 5.88. The molecule has 0 atom stereocenters. The van der Waals surface area contributed by atoms with Crippen molar-refractivity contribution in [3.63, 3.8) is 0 Å². The van der Waals surface area contributed by atoms with Crippen LogP contribution in [0.2, 0.25) is 0 Å². The Morgan fingerprint density at radius 1 is 1.40 bits per heavy atom. The van der Waals surface area contributed by atoms with Crippen LogP contribution < -0.4 is 5.43 Å². The summed E-state index contributed by atoms with van der Waals surface area (Å²) in [6.07, 6.45) is 0. The summed E-state index contributed by atoms with van der Waals surface area (Å²) in [6.45, 7) is 3.42. The highest BCUT2D eigenvalue weighted by molar-refractivity contribution is 6.35. The number of methoxy groups -OCH3 is 1. The van der Waals surface area contributed by atoms with E-state index in [-0.39, 0.29) is 29.3 Å². The molecule has 7 heteroatoms. The Balaban J connectivity index is 2.81. The Morgan fingerprint density at radius 3 is 2.65 bits per heavy atom. The number of esters is 2. The number of anilines is 1. The molecule has 0 aliphatic carbocycles. The van der Waals surface area contributed by atoms with Crippen LogP contribution in [0.25, 0.3) is 0 Å². The molecule has 108 valence electrons. The highest BCUT2D eigenvalue weighted by Crippen LogP contribution is 2.24. The quantitative estimate of drug-likeness (QED) is 0.367. The summed E-state index contributed by atoms with van der Waals surface area (Å²) in [4.78, 5) is 22.6. The van der Waals surface area contributed by atoms with Gasteiger partial charge < -0.3 is 14.6 Å². The van der Waals surface area contributed by atoms with Gasteiger partial charge in [0.2, 0.25) is 0 Å². The van der Waals surface area contributed by atoms with Crippen molar-refractivity contribution in [1.29, 1.82) is 0 Å². The zero-order valence-corrected chi connectivity index (χ0v) is 11.5. The topological polar surface area (TPSA) is 97.2 Å². The first-order valence-electron chi connectivity index (χ1n) is 5.88. The Morgan fingerprint density at radius 2 is 2.10 bits per heavy atom. The molecule has 20 heavy (non-hydrogen) atoms. The third kappa shape index (κ3) is 3.98. The highest BCUT2D eigenvalue weighted by atomic mass is 16.5. The maximum atomic E-state index is 11.3. The molecule has 0 aromatic heterocycles. The van der Waals surface area contributed by atoms with E-state index in [4.69, 9.17) is 4.74 Å². The van der Waals surface area contributed by atoms with Crippen LogP contribution in [0.3, 0.4) is 0 Å². The lowest BCUT2D eigenvalue weighted by molar-refractivity contribution is -0.135. The van der Waals surface area contributed by atoms with Gasteiger partial charge >= 0.3 is 11.9 Å². The maximum Gasteiger partial charge on any atom is 0.354 e. The number of nitrogens with one attached hydrogen (secondary N) is 1. The van der Waals surface area contributed by atoms with E-state index in [0.717, 1.165) is 0 Å². The first-order chi connectivity index (χ1) is 9.49. The van der Waals surface area contributed by atoms with E-state index in [1.54, 1.807) is 6.92 Å². The number of hydrogen-bond donors (Lipinski definition) is 2. The minimum Gasteiger partial charge on any atom is -0.506 e. The second-order valence-corrected chi connectivity index (χ2v) is 3.75. The first kappa shape index (κ1) is 15.5. The number of benzene rings is 1. The van der Waals surface area contributed by atoms with Crippen LogP contribution in [-0.2, 0) is 14.3 Å². The fourth-order valence-corrected chi connectivity index (χ4v) is 1.30. The molecule has 0 bridgehead atoms. The van der Waals surface area contributed by atoms with Gasteiger partial charge in [-0.3, -0.25) is 5.43 Å². The molecule has 2 N–H and O–H groups in total. The van der Waals surface area contributed by atoms with Gasteiger partial charge in [-0.15, -0.1) is 0 Å². The lowest BCUT2D eigenvalue weighted by Gasteiger charge is -2.06. The molecule has 0 saturated heterocycles. The molecule has 0 fully saturated rings. The predicted molar refractivity (Wildman–Crippen MR) is 72.8 cm³/mol. The number of carbonyl (C=O) groups is 2. The van der Waals surface area contributed by atoms with Gasteiger partial charge in [0, 0.05) is 0 Å². The predicted octanol–water partition coefficient (Wildman–Crippen LogP) is 1.53. The highest BCUT2D eigenvalue weighted by Gasteiger charge is 2.10. The van der Waals surface area contributed by atoms with Crippen molar-refractivity contribution in [1.82, 2.24) is 0 Å². The SMILES string of the molecule is CCOC(=O)/C(C)=N/Nc1ccc(C(=O)OC)cc1O. The molecule has 0 heterocycles. The van der Waals surface area contributed by atoms with E-state index in [2.05, 4.69) is 15.3 Å². The van der Waals surface area contributed by atoms with Crippen LogP contribution in [0.4, 0.5) is 5.69 Å². The standard InChI is InChI=1S/C13H16N2O5/c1-4-20-12(17)8(2)14-15-10-6-5-9(7-11(10)16)13(18)19-3/h5-7,15-16H,4H2,1-3H3/b14-8+. The normalized spacial score (nSPS) is 10.8. The van der Waals surface area contributed by atoms with Gasteiger partial charge in [-0.05, 0) is 32.0 Å². The number of aromatic hydroxyl groups is 1. The van der Waals surface area contributed by atoms with E-state index in [9.17, 15) is 14.7 Å². The molecule has 0 amide bonds. The lowest BCUT2D eigenvalue weighted by Crippen LogP contribution is -2.15. The van der Waals surface area contributed by atoms with Crippen molar-refractivity contribution in [3.05, 3.63) is 23.8 Å². The van der Waals surface area contributed by atoms with Crippen molar-refractivity contribution in [2.24, 2.45) is 5.10 Å². The van der Waals surface area contributed by atoms with Gasteiger partial charge in [0.15, 0.2) is 0 Å². The number of nitrogens with zero attached hydrogens (tertiary/aromatic N) is 1. The Bertz CT molecular complexity index is 540. The van der Waals surface area contributed by atoms with Gasteiger partial charge in [0.25, 0.3) is 0 Å². The molecular formula is C13H16N2O5. The molecule has 0 aliphatic heterocycles. The molecule has 0 spiro atoms. The molecule has 0 radical (unpaired) electrons. The summed E-state index contributed by atoms with van der Waals surface area (Å²) in [5.41, 5.74) is 3.10. The second-order valence-electron chi connectivity index (χ2n) is 3.75. The number of hydrogen-bond acceptors (Lipinski definition) is 7. The van der Waals surface area contributed by atoms with Crippen LogP contribution in [0, 0.1) is 0 Å². The summed E-state index contributed by atoms with van der Waals surface area (Å²) in [5.74, 6) is -1.29. The van der Waals surface area contributed by atoms with E-state index >= 15 is 0 Å². The largest absolute Gasteiger partial charge is 0.506 e. The minimum absolute atomic E-state index is 0.114. The fourth-order valence-electron chi connectivity index (χ4n) is 1.30. The van der Waals surface area contributed by atoms with Crippen LogP contribution in [0.5, 0.6) is 5.75 Å². The van der Waals surface area contributed by atoms with Crippen molar-refractivity contribution >= 4 is 23.3 Å². The number of phenols is 1. The Labute approximate surface area is 116 Å². The van der Waals surface area contributed by atoms with E-state index < -0.39 is 11.9 Å². The molecule has 0 saturated carbocycles. The number of carbonyl (C=O) groups excluding carboxylic acids is 2. The zero-order valence-electron chi connectivity index (χ0n) is 11.5. The Hall–Kier alpha value is -2.57. The lowest BCUT2D eigenvalue weighted by atomic mass is 10.2. The zero-order chi connectivity index (χ0) is 15.1. The average Bonchev–Trinajstić information content (AvgIpc) is 2.44. The molecule has 1 aromatic carbocycles. The van der Waals surface area contributed by atoms with Crippen molar-refractivity contribution in [2.45, 2.75) is 13.8 Å². The van der Waals surface area contributed by atoms with Gasteiger partial charge in [0.1, 0.15) is 11.5 Å². The Kier molecular flexibility index (Phi) is 5.52.